The number of aromatic amines is 1. The van der Waals surface area contributed by atoms with Gasteiger partial charge in [-0.1, -0.05) is 36.0 Å². The summed E-state index contributed by atoms with van der Waals surface area (Å²) in [5.41, 5.74) is 3.09. The molecule has 4 aromatic rings. The first-order chi connectivity index (χ1) is 12.7. The molecule has 0 aliphatic rings. The number of thioether (sulfide) groups is 1. The van der Waals surface area contributed by atoms with Crippen molar-refractivity contribution in [3.05, 3.63) is 60.1 Å². The molecule has 6 nitrogen and oxygen atoms in total. The van der Waals surface area contributed by atoms with E-state index in [-0.39, 0.29) is 11.3 Å². The molecule has 128 valence electrons. The molecule has 7 heteroatoms. The van der Waals surface area contributed by atoms with Gasteiger partial charge in [0.15, 0.2) is 11.4 Å². The fraction of sp³-hybridized carbons (Fsp3) is 0.105. The van der Waals surface area contributed by atoms with Crippen molar-refractivity contribution in [2.75, 3.05) is 0 Å². The van der Waals surface area contributed by atoms with Gasteiger partial charge in [-0.25, -0.2) is 9.97 Å². The lowest BCUT2D eigenvalue weighted by molar-refractivity contribution is 0.400. The lowest BCUT2D eigenvalue weighted by Crippen LogP contribution is -2.04. The van der Waals surface area contributed by atoms with Gasteiger partial charge in [0.1, 0.15) is 22.9 Å². The van der Waals surface area contributed by atoms with Crippen LogP contribution in [-0.2, 0) is 0 Å². The number of nitrogens with zero attached hydrogens (tertiary/aromatic N) is 3. The van der Waals surface area contributed by atoms with Gasteiger partial charge >= 0.3 is 0 Å². The monoisotopic (exact) mass is 362 g/mol. The molecule has 1 unspecified atom stereocenters. The van der Waals surface area contributed by atoms with Crippen LogP contribution < -0.4 is 0 Å². The summed E-state index contributed by atoms with van der Waals surface area (Å²) in [5, 5.41) is 20.1. The standard InChI is InChI=1S/C19H14N4O2S/c1-11(26-19-23-15-8-4-5-9-16(15)25-19)17(24)12(10-20)18-21-13-6-2-3-7-14(13)22-18/h2-9,11,24H,1H3,(H,21,22). The van der Waals surface area contributed by atoms with Crippen LogP contribution in [0, 0.1) is 11.3 Å². The maximum atomic E-state index is 10.6. The van der Waals surface area contributed by atoms with Crippen LogP contribution in [0.15, 0.2) is 63.9 Å². The minimum atomic E-state index is -0.425. The summed E-state index contributed by atoms with van der Waals surface area (Å²) in [7, 11) is 0. The molecule has 2 heterocycles. The van der Waals surface area contributed by atoms with Crippen LogP contribution in [0.3, 0.4) is 0 Å². The average Bonchev–Trinajstić information content (AvgIpc) is 3.25. The molecule has 2 aromatic heterocycles. The highest BCUT2D eigenvalue weighted by Gasteiger charge is 2.21. The van der Waals surface area contributed by atoms with Crippen molar-refractivity contribution in [3.63, 3.8) is 0 Å². The maximum absolute atomic E-state index is 10.6. The molecule has 0 aliphatic carbocycles. The Kier molecular flexibility index (Phi) is 4.11. The predicted molar refractivity (Wildman–Crippen MR) is 101 cm³/mol. The predicted octanol–water partition coefficient (Wildman–Crippen LogP) is 4.68. The van der Waals surface area contributed by atoms with Crippen molar-refractivity contribution in [2.45, 2.75) is 17.4 Å². The summed E-state index contributed by atoms with van der Waals surface area (Å²) >= 11 is 1.24. The number of para-hydroxylation sites is 4. The normalized spacial score (nSPS) is 13.5. The Hall–Kier alpha value is -3.24. The Morgan fingerprint density at radius 3 is 2.62 bits per heavy atom. The van der Waals surface area contributed by atoms with Crippen molar-refractivity contribution in [2.24, 2.45) is 0 Å². The van der Waals surface area contributed by atoms with E-state index >= 15 is 0 Å². The molecule has 0 fully saturated rings. The van der Waals surface area contributed by atoms with E-state index in [4.69, 9.17) is 4.42 Å². The summed E-state index contributed by atoms with van der Waals surface area (Å²) in [5.74, 6) is 0.273. The third-order valence-corrected chi connectivity index (χ3v) is 4.88. The number of nitrogens with one attached hydrogen (secondary N) is 1. The van der Waals surface area contributed by atoms with Crippen LogP contribution in [0.4, 0.5) is 0 Å². The van der Waals surface area contributed by atoms with Gasteiger partial charge in [0.25, 0.3) is 5.22 Å². The zero-order chi connectivity index (χ0) is 18.1. The van der Waals surface area contributed by atoms with E-state index in [1.807, 2.05) is 54.6 Å². The van der Waals surface area contributed by atoms with E-state index in [9.17, 15) is 10.4 Å². The van der Waals surface area contributed by atoms with Crippen molar-refractivity contribution in [1.82, 2.24) is 15.0 Å². The van der Waals surface area contributed by atoms with E-state index in [0.717, 1.165) is 16.6 Å². The van der Waals surface area contributed by atoms with E-state index < -0.39 is 5.25 Å². The number of aliphatic hydroxyl groups excluding tert-OH is 1. The summed E-state index contributed by atoms with van der Waals surface area (Å²) < 4.78 is 5.67. The molecule has 0 saturated heterocycles. The van der Waals surface area contributed by atoms with Crippen molar-refractivity contribution in [3.8, 4) is 6.07 Å². The molecule has 26 heavy (non-hydrogen) atoms. The molecule has 0 bridgehead atoms. The summed E-state index contributed by atoms with van der Waals surface area (Å²) in [4.78, 5) is 11.8. The number of aliphatic hydroxyl groups is 1. The minimum Gasteiger partial charge on any atom is -0.510 e. The molecule has 2 N–H and O–H groups in total. The number of imidazole rings is 1. The van der Waals surface area contributed by atoms with E-state index in [1.54, 1.807) is 6.92 Å². The Balaban J connectivity index is 1.66. The second-order valence-corrected chi connectivity index (χ2v) is 6.97. The van der Waals surface area contributed by atoms with Crippen molar-refractivity contribution >= 4 is 39.5 Å². The molecule has 0 amide bonds. The first kappa shape index (κ1) is 16.2. The van der Waals surface area contributed by atoms with Crippen LogP contribution in [0.1, 0.15) is 12.7 Å². The third kappa shape index (κ3) is 2.91. The highest BCUT2D eigenvalue weighted by molar-refractivity contribution is 7.99. The van der Waals surface area contributed by atoms with Crippen molar-refractivity contribution < 1.29 is 9.52 Å². The number of allylic oxidation sites excluding steroid dienone is 1. The quantitative estimate of drug-likeness (QED) is 0.311. The molecule has 0 aliphatic heterocycles. The molecule has 1 atom stereocenters. The lowest BCUT2D eigenvalue weighted by Gasteiger charge is -2.09. The number of aromatic nitrogens is 3. The number of H-pyrrole nitrogens is 1. The molecular formula is C19H14N4O2S. The average molecular weight is 362 g/mol. The summed E-state index contributed by atoms with van der Waals surface area (Å²) in [6.07, 6.45) is 0. The molecule has 4 rings (SSSR count). The van der Waals surface area contributed by atoms with E-state index in [1.165, 1.54) is 11.8 Å². The number of nitriles is 1. The Morgan fingerprint density at radius 1 is 1.15 bits per heavy atom. The molecular weight excluding hydrogens is 348 g/mol. The van der Waals surface area contributed by atoms with Gasteiger partial charge in [-0.15, -0.1) is 0 Å². The van der Waals surface area contributed by atoms with Gasteiger partial charge in [-0.2, -0.15) is 5.26 Å². The molecule has 0 radical (unpaired) electrons. The van der Waals surface area contributed by atoms with Gasteiger partial charge in [0.2, 0.25) is 0 Å². The maximum Gasteiger partial charge on any atom is 0.257 e. The number of hydrogen-bond donors (Lipinski definition) is 2. The highest BCUT2D eigenvalue weighted by Crippen LogP contribution is 2.31. The van der Waals surface area contributed by atoms with Crippen LogP contribution in [-0.4, -0.2) is 25.3 Å². The van der Waals surface area contributed by atoms with Crippen LogP contribution in [0.5, 0.6) is 0 Å². The van der Waals surface area contributed by atoms with Crippen molar-refractivity contribution in [1.29, 1.82) is 5.26 Å². The van der Waals surface area contributed by atoms with Gasteiger partial charge in [0.05, 0.1) is 16.3 Å². The number of rotatable bonds is 4. The van der Waals surface area contributed by atoms with Gasteiger partial charge in [0, 0.05) is 0 Å². The lowest BCUT2D eigenvalue weighted by atomic mass is 10.2. The molecule has 2 aromatic carbocycles. The molecule has 0 spiro atoms. The number of fused-ring (bicyclic) bond motifs is 2. The van der Waals surface area contributed by atoms with Gasteiger partial charge in [-0.3, -0.25) is 0 Å². The Bertz CT molecular complexity index is 1100. The fourth-order valence-electron chi connectivity index (χ4n) is 2.61. The van der Waals surface area contributed by atoms with Crippen LogP contribution >= 0.6 is 11.8 Å². The summed E-state index contributed by atoms with van der Waals surface area (Å²) in [6.45, 7) is 1.79. The highest BCUT2D eigenvalue weighted by atomic mass is 32.2. The smallest absolute Gasteiger partial charge is 0.257 e. The van der Waals surface area contributed by atoms with Crippen LogP contribution in [0.25, 0.3) is 27.7 Å². The van der Waals surface area contributed by atoms with Gasteiger partial charge < -0.3 is 14.5 Å². The summed E-state index contributed by atoms with van der Waals surface area (Å²) in [6, 6.07) is 17.0. The Labute approximate surface area is 153 Å². The SMILES string of the molecule is CC(Sc1nc2ccccc2o1)C(O)=C(C#N)c1nc2ccccc2[nH]1. The van der Waals surface area contributed by atoms with E-state index in [0.29, 0.717) is 16.6 Å². The second-order valence-electron chi connectivity index (χ2n) is 5.68. The second kappa shape index (κ2) is 6.58. The van der Waals surface area contributed by atoms with E-state index in [2.05, 4.69) is 15.0 Å². The van der Waals surface area contributed by atoms with Crippen LogP contribution in [0.2, 0.25) is 0 Å². The fourth-order valence-corrected chi connectivity index (χ4v) is 3.44. The first-order valence-corrected chi connectivity index (χ1v) is 8.84. The minimum absolute atomic E-state index is 0.0705. The number of benzene rings is 2. The number of hydrogen-bond acceptors (Lipinski definition) is 6. The van der Waals surface area contributed by atoms with Gasteiger partial charge in [-0.05, 0) is 31.2 Å². The zero-order valence-corrected chi connectivity index (χ0v) is 14.6. The largest absolute Gasteiger partial charge is 0.510 e. The third-order valence-electron chi connectivity index (χ3n) is 3.93. The molecule has 0 saturated carbocycles. The number of oxazole rings is 1. The zero-order valence-electron chi connectivity index (χ0n) is 13.8. The topological polar surface area (TPSA) is 98.7 Å². The first-order valence-electron chi connectivity index (χ1n) is 7.96. The Morgan fingerprint density at radius 2 is 1.88 bits per heavy atom.